The van der Waals surface area contributed by atoms with Crippen molar-refractivity contribution < 1.29 is 47.5 Å². The lowest BCUT2D eigenvalue weighted by Crippen LogP contribution is -2.55. The van der Waals surface area contributed by atoms with Crippen LogP contribution in [0.3, 0.4) is 0 Å². The van der Waals surface area contributed by atoms with Gasteiger partial charge in [0.1, 0.15) is 18.5 Å². The third kappa shape index (κ3) is 10.7. The van der Waals surface area contributed by atoms with Crippen LogP contribution in [0, 0.1) is 0 Å². The fourth-order valence-electron chi connectivity index (χ4n) is 6.76. The van der Waals surface area contributed by atoms with Crippen LogP contribution >= 0.6 is 0 Å². The van der Waals surface area contributed by atoms with E-state index in [-0.39, 0.29) is 25.9 Å². The lowest BCUT2D eigenvalue weighted by molar-refractivity contribution is -0.240. The maximum absolute atomic E-state index is 13.7. The van der Waals surface area contributed by atoms with Crippen LogP contribution in [-0.4, -0.2) is 62.0 Å². The minimum absolute atomic E-state index is 0.0408. The Morgan fingerprint density at radius 1 is 0.684 bits per heavy atom. The molecule has 10 nitrogen and oxygen atoms in total. The molecule has 2 heterocycles. The Kier molecular flexibility index (Phi) is 13.4. The first-order valence-electron chi connectivity index (χ1n) is 19.4. The summed E-state index contributed by atoms with van der Waals surface area (Å²) < 4.78 is 43.1. The molecule has 7 rings (SSSR count). The van der Waals surface area contributed by atoms with E-state index in [2.05, 4.69) is 31.2 Å². The summed E-state index contributed by atoms with van der Waals surface area (Å²) >= 11 is 0. The van der Waals surface area contributed by atoms with E-state index in [0.29, 0.717) is 35.5 Å². The van der Waals surface area contributed by atoms with Gasteiger partial charge in [0.15, 0.2) is 6.29 Å². The molecule has 0 aromatic heterocycles. The molecule has 2 aliphatic rings. The van der Waals surface area contributed by atoms with Gasteiger partial charge < -0.3 is 33.2 Å². The highest BCUT2D eigenvalue weighted by atomic mass is 16.7. The molecule has 0 radical (unpaired) electrons. The van der Waals surface area contributed by atoms with Crippen LogP contribution in [0.2, 0.25) is 0 Å². The SMILES string of the molecule is CCc1ccc(Cc2ccc(COC3CCCO3)cc2O[C@H]2O[C@H](COC(=O)c3ccccc3)C[C@H](OC(=O)c3ccccc3)[C@H]2OC(=O)c2ccccc2)cc1. The number of hydrogen-bond donors (Lipinski definition) is 0. The molecule has 0 amide bonds. The molecule has 1 unspecified atom stereocenters. The van der Waals surface area contributed by atoms with Crippen molar-refractivity contribution in [1.29, 1.82) is 0 Å². The van der Waals surface area contributed by atoms with Gasteiger partial charge in [-0.2, -0.15) is 0 Å². The van der Waals surface area contributed by atoms with Gasteiger partial charge in [-0.15, -0.1) is 0 Å². The standard InChI is InChI=1S/C47H46O10/c1-2-32-20-22-33(23-21-32)27-38-25-24-34(30-52-42-19-12-26-51-42)28-40(38)56-47-43(57-46(50)37-17-10-5-11-18-37)41(55-45(49)36-15-8-4-9-16-36)29-39(54-47)31-53-44(48)35-13-6-3-7-14-35/h3-11,13-18,20-25,28,39,41-43,47H,2,12,19,26-27,29-31H2,1H3/t39-,41-,42?,43+,47+/m0/s1. The average Bonchev–Trinajstić information content (AvgIpc) is 3.79. The van der Waals surface area contributed by atoms with Crippen molar-refractivity contribution >= 4 is 17.9 Å². The molecule has 2 aliphatic heterocycles. The third-order valence-corrected chi connectivity index (χ3v) is 9.91. The summed E-state index contributed by atoms with van der Waals surface area (Å²) in [5.41, 5.74) is 4.96. The highest BCUT2D eigenvalue weighted by Crippen LogP contribution is 2.33. The minimum Gasteiger partial charge on any atom is -0.460 e. The minimum atomic E-state index is -1.30. The monoisotopic (exact) mass is 770 g/mol. The lowest BCUT2D eigenvalue weighted by atomic mass is 10.00. The Morgan fingerprint density at radius 2 is 1.28 bits per heavy atom. The number of carbonyl (C=O) groups excluding carboxylic acids is 3. The molecule has 5 aromatic rings. The zero-order chi connectivity index (χ0) is 39.4. The van der Waals surface area contributed by atoms with E-state index >= 15 is 0 Å². The van der Waals surface area contributed by atoms with E-state index in [9.17, 15) is 14.4 Å². The van der Waals surface area contributed by atoms with Crippen molar-refractivity contribution in [2.45, 2.75) is 76.5 Å². The molecule has 5 aromatic carbocycles. The number of ether oxygens (including phenoxy) is 7. The van der Waals surface area contributed by atoms with E-state index in [1.54, 1.807) is 84.9 Å². The van der Waals surface area contributed by atoms with Gasteiger partial charge >= 0.3 is 17.9 Å². The van der Waals surface area contributed by atoms with Gasteiger partial charge in [0.2, 0.25) is 12.4 Å². The van der Waals surface area contributed by atoms with Gasteiger partial charge in [0.05, 0.1) is 29.4 Å². The van der Waals surface area contributed by atoms with E-state index in [1.807, 2.05) is 24.3 Å². The summed E-state index contributed by atoms with van der Waals surface area (Å²) in [5, 5.41) is 0. The van der Waals surface area contributed by atoms with Crippen LogP contribution in [0.5, 0.6) is 5.75 Å². The number of rotatable bonds is 15. The Balaban J connectivity index is 1.22. The number of hydrogen-bond acceptors (Lipinski definition) is 10. The molecule has 5 atom stereocenters. The molecule has 0 spiro atoms. The van der Waals surface area contributed by atoms with Crippen molar-refractivity contribution in [1.82, 2.24) is 0 Å². The predicted molar refractivity (Wildman–Crippen MR) is 211 cm³/mol. The highest BCUT2D eigenvalue weighted by Gasteiger charge is 2.46. The second-order valence-electron chi connectivity index (χ2n) is 14.0. The van der Waals surface area contributed by atoms with Crippen molar-refractivity contribution in [3.63, 3.8) is 0 Å². The number of aryl methyl sites for hydroxylation is 1. The van der Waals surface area contributed by atoms with Crippen molar-refractivity contribution in [2.24, 2.45) is 0 Å². The molecule has 0 bridgehead atoms. The Labute approximate surface area is 332 Å². The first-order valence-corrected chi connectivity index (χ1v) is 19.4. The van der Waals surface area contributed by atoms with E-state index in [4.69, 9.17) is 33.2 Å². The lowest BCUT2D eigenvalue weighted by Gasteiger charge is -2.40. The first kappa shape index (κ1) is 39.4. The van der Waals surface area contributed by atoms with Crippen LogP contribution in [0.25, 0.3) is 0 Å². The number of carbonyl (C=O) groups is 3. The smallest absolute Gasteiger partial charge is 0.338 e. The summed E-state index contributed by atoms with van der Waals surface area (Å²) in [7, 11) is 0. The maximum Gasteiger partial charge on any atom is 0.338 e. The first-order chi connectivity index (χ1) is 27.9. The topological polar surface area (TPSA) is 116 Å². The normalized spacial score (nSPS) is 20.3. The van der Waals surface area contributed by atoms with Crippen LogP contribution in [0.4, 0.5) is 0 Å². The van der Waals surface area contributed by atoms with Gasteiger partial charge in [0, 0.05) is 25.9 Å². The van der Waals surface area contributed by atoms with Crippen molar-refractivity contribution in [3.05, 3.63) is 172 Å². The maximum atomic E-state index is 13.7. The second kappa shape index (κ2) is 19.4. The zero-order valence-corrected chi connectivity index (χ0v) is 31.8. The van der Waals surface area contributed by atoms with Gasteiger partial charge in [-0.25, -0.2) is 14.4 Å². The van der Waals surface area contributed by atoms with Crippen LogP contribution in [-0.2, 0) is 47.9 Å². The van der Waals surface area contributed by atoms with E-state index in [1.165, 1.54) is 5.56 Å². The van der Waals surface area contributed by atoms with Crippen LogP contribution in [0.15, 0.2) is 133 Å². The van der Waals surface area contributed by atoms with Gasteiger partial charge in [-0.3, -0.25) is 0 Å². The Bertz CT molecular complexity index is 2060. The average molecular weight is 771 g/mol. The largest absolute Gasteiger partial charge is 0.460 e. The van der Waals surface area contributed by atoms with Gasteiger partial charge in [0.25, 0.3) is 0 Å². The zero-order valence-electron chi connectivity index (χ0n) is 31.8. The van der Waals surface area contributed by atoms with Gasteiger partial charge in [-0.05, 0) is 77.6 Å². The molecule has 0 N–H and O–H groups in total. The van der Waals surface area contributed by atoms with Crippen LogP contribution < -0.4 is 4.74 Å². The fourth-order valence-corrected chi connectivity index (χ4v) is 6.76. The predicted octanol–water partition coefficient (Wildman–Crippen LogP) is 8.29. The molecule has 2 saturated heterocycles. The molecule has 10 heteroatoms. The highest BCUT2D eigenvalue weighted by molar-refractivity contribution is 5.90. The molecule has 0 aliphatic carbocycles. The van der Waals surface area contributed by atoms with Crippen molar-refractivity contribution in [2.75, 3.05) is 13.2 Å². The summed E-state index contributed by atoms with van der Waals surface area (Å²) in [6.07, 6.45) is -1.42. The summed E-state index contributed by atoms with van der Waals surface area (Å²) in [6.45, 7) is 2.87. The number of esters is 3. The molecular formula is C47H46O10. The van der Waals surface area contributed by atoms with Crippen LogP contribution in [0.1, 0.15) is 79.5 Å². The van der Waals surface area contributed by atoms with E-state index < -0.39 is 42.5 Å². The number of benzene rings is 5. The molecular weight excluding hydrogens is 725 g/mol. The second-order valence-corrected chi connectivity index (χ2v) is 14.0. The summed E-state index contributed by atoms with van der Waals surface area (Å²) in [4.78, 5) is 40.4. The van der Waals surface area contributed by atoms with Gasteiger partial charge in [-0.1, -0.05) is 97.9 Å². The van der Waals surface area contributed by atoms with E-state index in [0.717, 1.165) is 36.0 Å². The Hall–Kier alpha value is -5.81. The summed E-state index contributed by atoms with van der Waals surface area (Å²) in [5.74, 6) is -1.35. The van der Waals surface area contributed by atoms with Crippen molar-refractivity contribution in [3.8, 4) is 5.75 Å². The third-order valence-electron chi connectivity index (χ3n) is 9.91. The molecule has 294 valence electrons. The quantitative estimate of drug-likeness (QED) is 0.0761. The molecule has 0 saturated carbocycles. The Morgan fingerprint density at radius 3 is 1.89 bits per heavy atom. The molecule has 57 heavy (non-hydrogen) atoms. The molecule has 2 fully saturated rings. The summed E-state index contributed by atoms with van der Waals surface area (Å²) in [6, 6.07) is 40.0. The fraction of sp³-hybridized carbons (Fsp3) is 0.298.